The minimum atomic E-state index is -6.18. The summed E-state index contributed by atoms with van der Waals surface area (Å²) in [4.78, 5) is 0. The van der Waals surface area contributed by atoms with Gasteiger partial charge in [-0.05, 0) is 61.7 Å². The zero-order valence-electron chi connectivity index (χ0n) is 23.4. The Morgan fingerprint density at radius 3 is 1.71 bits per heavy atom. The fourth-order valence-electron chi connectivity index (χ4n) is 7.71. The van der Waals surface area contributed by atoms with Crippen LogP contribution < -0.4 is 4.13 Å². The number of halogens is 9. The molecule has 0 amide bonds. The molecule has 244 valence electrons. The largest absolute Gasteiger partial charge is 0.456 e. The second-order valence-corrected chi connectivity index (χ2v) is 16.1. The Morgan fingerprint density at radius 2 is 1.19 bits per heavy atom. The Bertz CT molecular complexity index is 943. The van der Waals surface area contributed by atoms with Crippen molar-refractivity contribution in [2.45, 2.75) is 130 Å². The van der Waals surface area contributed by atoms with Gasteiger partial charge in [0.25, 0.3) is 0 Å². The second-order valence-electron chi connectivity index (χ2n) is 12.4. The van der Waals surface area contributed by atoms with Crippen molar-refractivity contribution >= 4 is 34.7 Å². The van der Waals surface area contributed by atoms with Crippen molar-refractivity contribution in [2.75, 3.05) is 0 Å². The van der Waals surface area contributed by atoms with Crippen molar-refractivity contribution in [1.29, 1.82) is 0 Å². The fourth-order valence-corrected chi connectivity index (χ4v) is 10.9. The highest BCUT2D eigenvalue weighted by Crippen LogP contribution is 2.57. The number of hydrogen-bond donors (Lipinski definition) is 1. The van der Waals surface area contributed by atoms with Crippen molar-refractivity contribution in [3.63, 3.8) is 0 Å². The van der Waals surface area contributed by atoms with Crippen LogP contribution in [0.15, 0.2) is 11.6 Å². The maximum Gasteiger partial charge on any atom is 0.456 e. The fraction of sp³-hybridized carbons (Fsp3) is 0.929. The molecule has 0 aromatic heterocycles. The zero-order valence-corrected chi connectivity index (χ0v) is 25.8. The van der Waals surface area contributed by atoms with Crippen LogP contribution in [0.25, 0.3) is 0 Å². The highest BCUT2D eigenvalue weighted by atomic mass is 32.2. The highest BCUT2D eigenvalue weighted by Gasteiger charge is 2.76. The second kappa shape index (κ2) is 14.1. The number of rotatable bonds is 10. The van der Waals surface area contributed by atoms with E-state index in [0.717, 1.165) is 74.8 Å². The average Bonchev–Trinajstić information content (AvgIpc) is 2.96. The van der Waals surface area contributed by atoms with Gasteiger partial charge in [-0.2, -0.15) is 43.6 Å². The van der Waals surface area contributed by atoms with Crippen LogP contribution in [0.5, 0.6) is 0 Å². The van der Waals surface area contributed by atoms with Crippen molar-refractivity contribution in [3.05, 3.63) is 11.6 Å². The summed E-state index contributed by atoms with van der Waals surface area (Å²) in [5.74, 6) is -6.79. The van der Waals surface area contributed by atoms with Gasteiger partial charge in [-0.25, -0.2) is 0 Å². The van der Waals surface area contributed by atoms with Gasteiger partial charge in [0.1, 0.15) is 10.8 Å². The molecule has 0 bridgehead atoms. The molecule has 0 spiro atoms. The maximum atomic E-state index is 15.6. The molecule has 0 aromatic rings. The third-order valence-electron chi connectivity index (χ3n) is 9.80. The lowest BCUT2D eigenvalue weighted by molar-refractivity contribution is -0.239. The normalized spacial score (nSPS) is 29.4. The molecule has 1 N–H and O–H groups in total. The minimum absolute atomic E-state index is 0.0390. The lowest BCUT2D eigenvalue weighted by Gasteiger charge is -2.47. The molecular weight excluding hydrogens is 633 g/mol. The third kappa shape index (κ3) is 7.82. The molecule has 3 saturated carbocycles. The Labute approximate surface area is 253 Å². The van der Waals surface area contributed by atoms with Crippen LogP contribution in [-0.2, 0) is 10.8 Å². The van der Waals surface area contributed by atoms with Gasteiger partial charge in [0.2, 0.25) is 0 Å². The van der Waals surface area contributed by atoms with E-state index in [1.54, 1.807) is 0 Å². The first-order chi connectivity index (χ1) is 19.7. The van der Waals surface area contributed by atoms with E-state index in [2.05, 4.69) is 0 Å². The predicted octanol–water partition coefficient (Wildman–Crippen LogP) is 10.6. The van der Waals surface area contributed by atoms with Crippen LogP contribution in [0.3, 0.4) is 0 Å². The van der Waals surface area contributed by atoms with E-state index >= 15 is 17.6 Å². The molecule has 4 aliphatic carbocycles. The third-order valence-corrected chi connectivity index (χ3v) is 13.1. The SMILES string of the molecule is O=S(C1C(C2CCCCC2)=CC(C2CCCCC2)CC1C1CCCCC1)C(F)(F)C(F)(F)C(F)(F)SNSC(F)(F)F. The average molecular weight is 674 g/mol. The molecule has 0 radical (unpaired) electrons. The van der Waals surface area contributed by atoms with E-state index < -0.39 is 67.8 Å². The smallest absolute Gasteiger partial charge is 0.253 e. The minimum Gasteiger partial charge on any atom is -0.253 e. The van der Waals surface area contributed by atoms with E-state index in [-0.39, 0.29) is 17.8 Å². The van der Waals surface area contributed by atoms with Gasteiger partial charge < -0.3 is 0 Å². The van der Waals surface area contributed by atoms with Crippen LogP contribution in [0.2, 0.25) is 0 Å². The first-order valence-corrected chi connectivity index (χ1v) is 17.9. The topological polar surface area (TPSA) is 29.1 Å². The zero-order chi connectivity index (χ0) is 30.8. The molecule has 14 heteroatoms. The number of nitrogens with one attached hydrogen (secondary N) is 1. The van der Waals surface area contributed by atoms with Crippen LogP contribution >= 0.6 is 23.9 Å². The van der Waals surface area contributed by atoms with Crippen LogP contribution in [0, 0.1) is 29.6 Å². The highest BCUT2D eigenvalue weighted by molar-refractivity contribution is 8.13. The van der Waals surface area contributed by atoms with Gasteiger partial charge in [-0.3, -0.25) is 4.21 Å². The summed E-state index contributed by atoms with van der Waals surface area (Å²) in [7, 11) is -3.74. The summed E-state index contributed by atoms with van der Waals surface area (Å²) in [6, 6.07) is 0. The summed E-state index contributed by atoms with van der Waals surface area (Å²) in [5, 5.41) is -12.9. The lowest BCUT2D eigenvalue weighted by atomic mass is 9.64. The molecule has 3 fully saturated rings. The number of hydrogen-bond acceptors (Lipinski definition) is 4. The molecule has 4 atom stereocenters. The maximum absolute atomic E-state index is 15.6. The van der Waals surface area contributed by atoms with Crippen molar-refractivity contribution in [3.8, 4) is 0 Å². The number of alkyl halides is 9. The molecule has 0 saturated heterocycles. The van der Waals surface area contributed by atoms with Crippen molar-refractivity contribution in [2.24, 2.45) is 29.6 Å². The summed E-state index contributed by atoms with van der Waals surface area (Å²) in [5.41, 5.74) is -4.63. The first kappa shape index (κ1) is 34.8. The molecule has 0 aromatic carbocycles. The van der Waals surface area contributed by atoms with E-state index in [1.807, 2.05) is 6.08 Å². The molecule has 4 unspecified atom stereocenters. The molecule has 2 nitrogen and oxygen atoms in total. The van der Waals surface area contributed by atoms with Gasteiger partial charge in [0, 0.05) is 23.9 Å². The standard InChI is InChI=1S/C28H40F9NOS3/c29-25(30,26(31,32)40-38-41-28(35,36)37)27(33,34)42(39)24-22(19-12-6-2-7-13-19)16-21(18-10-4-1-5-11-18)17-23(24)20-14-8-3-9-15-20/h16,18-21,23-24,38H,1-15,17H2. The predicted molar refractivity (Wildman–Crippen MR) is 151 cm³/mol. The van der Waals surface area contributed by atoms with E-state index in [0.29, 0.717) is 43.6 Å². The van der Waals surface area contributed by atoms with Crippen LogP contribution in [0.1, 0.15) is 103 Å². The van der Waals surface area contributed by atoms with E-state index in [9.17, 15) is 26.2 Å². The Morgan fingerprint density at radius 1 is 0.690 bits per heavy atom. The van der Waals surface area contributed by atoms with Crippen molar-refractivity contribution < 1.29 is 43.7 Å². The van der Waals surface area contributed by atoms with E-state index in [4.69, 9.17) is 0 Å². The monoisotopic (exact) mass is 673 g/mol. The molecule has 4 aliphatic rings. The van der Waals surface area contributed by atoms with Crippen molar-refractivity contribution in [1.82, 2.24) is 4.13 Å². The Balaban J connectivity index is 1.71. The van der Waals surface area contributed by atoms with Gasteiger partial charge in [0.05, 0.1) is 5.25 Å². The quantitative estimate of drug-likeness (QED) is 0.142. The first-order valence-electron chi connectivity index (χ1n) is 15.1. The Kier molecular flexibility index (Phi) is 11.7. The van der Waals surface area contributed by atoms with Gasteiger partial charge in [-0.15, -0.1) is 0 Å². The molecule has 42 heavy (non-hydrogen) atoms. The summed E-state index contributed by atoms with van der Waals surface area (Å²) in [6.45, 7) is 0. The van der Waals surface area contributed by atoms with Gasteiger partial charge in [-0.1, -0.05) is 82.3 Å². The van der Waals surface area contributed by atoms with Gasteiger partial charge >= 0.3 is 21.9 Å². The molecule has 4 rings (SSSR count). The number of allylic oxidation sites excluding steroid dienone is 1. The molecular formula is C28H40F9NOS3. The molecule has 0 heterocycles. The Hall–Kier alpha value is -0.0800. The molecule has 0 aliphatic heterocycles. The van der Waals surface area contributed by atoms with Crippen LogP contribution in [0.4, 0.5) is 39.5 Å². The summed E-state index contributed by atoms with van der Waals surface area (Å²) in [6.07, 6.45) is 15.3. The van der Waals surface area contributed by atoms with Gasteiger partial charge in [0.15, 0.2) is 0 Å². The summed E-state index contributed by atoms with van der Waals surface area (Å²) < 4.78 is 142. The summed E-state index contributed by atoms with van der Waals surface area (Å²) >= 11 is -2.69. The lowest BCUT2D eigenvalue weighted by Crippen LogP contribution is -2.58. The van der Waals surface area contributed by atoms with E-state index in [1.165, 1.54) is 0 Å². The van der Waals surface area contributed by atoms with Crippen LogP contribution in [-0.4, -0.2) is 31.4 Å².